The number of aliphatic carboxylic acids is 1. The summed E-state index contributed by atoms with van der Waals surface area (Å²) in [7, 11) is 0. The molecule has 0 saturated carbocycles. The van der Waals surface area contributed by atoms with Crippen LogP contribution in [0.15, 0.2) is 91.3 Å². The van der Waals surface area contributed by atoms with E-state index in [1.54, 1.807) is 0 Å². The maximum absolute atomic E-state index is 13.1. The Morgan fingerprint density at radius 2 is 1.42 bits per heavy atom. The number of imidazole rings is 1. The second-order valence-corrected chi connectivity index (χ2v) is 10.4. The van der Waals surface area contributed by atoms with E-state index in [9.17, 15) is 26.3 Å². The molecule has 0 unspecified atom stereocenters. The fourth-order valence-electron chi connectivity index (χ4n) is 5.00. The zero-order valence-corrected chi connectivity index (χ0v) is 23.6. The van der Waals surface area contributed by atoms with Crippen LogP contribution in [0.5, 0.6) is 0 Å². The Morgan fingerprint density at radius 3 is 2.07 bits per heavy atom. The number of benzene rings is 3. The van der Waals surface area contributed by atoms with E-state index < -0.39 is 23.9 Å². The minimum atomic E-state index is -5.08. The Hall–Kier alpha value is -4.91. The Balaban J connectivity index is 0.000000515. The monoisotopic (exact) mass is 627 g/mol. The summed E-state index contributed by atoms with van der Waals surface area (Å²) in [6, 6.07) is 24.1. The molecule has 2 N–H and O–H groups in total. The van der Waals surface area contributed by atoms with Crippen LogP contribution in [-0.2, 0) is 17.5 Å². The average Bonchev–Trinajstić information content (AvgIpc) is 3.46. The largest absolute Gasteiger partial charge is 0.490 e. The van der Waals surface area contributed by atoms with Crippen LogP contribution in [0.1, 0.15) is 11.1 Å². The number of H-pyrrole nitrogens is 1. The number of rotatable bonds is 5. The first kappa shape index (κ1) is 31.5. The third kappa shape index (κ3) is 7.98. The minimum Gasteiger partial charge on any atom is -0.475 e. The van der Waals surface area contributed by atoms with Crippen LogP contribution in [-0.4, -0.2) is 63.3 Å². The number of carbonyl (C=O) groups is 1. The van der Waals surface area contributed by atoms with Gasteiger partial charge in [0.2, 0.25) is 0 Å². The maximum atomic E-state index is 13.1. The molecule has 0 bridgehead atoms. The molecule has 6 rings (SSSR count). The average molecular weight is 628 g/mol. The Morgan fingerprint density at radius 1 is 0.800 bits per heavy atom. The highest BCUT2D eigenvalue weighted by Crippen LogP contribution is 2.32. The maximum Gasteiger partial charge on any atom is 0.490 e. The van der Waals surface area contributed by atoms with Crippen molar-refractivity contribution in [3.05, 3.63) is 102 Å². The quantitative estimate of drug-likeness (QED) is 0.200. The van der Waals surface area contributed by atoms with Gasteiger partial charge in [-0.05, 0) is 59.2 Å². The van der Waals surface area contributed by atoms with Crippen molar-refractivity contribution in [3.8, 4) is 22.5 Å². The molecule has 0 aliphatic carbocycles. The normalized spacial score (nSPS) is 14.2. The second kappa shape index (κ2) is 13.0. The fourth-order valence-corrected chi connectivity index (χ4v) is 5.00. The molecule has 1 saturated heterocycles. The highest BCUT2D eigenvalue weighted by Gasteiger charge is 2.38. The molecule has 234 valence electrons. The molecule has 0 atom stereocenters. The van der Waals surface area contributed by atoms with Crippen molar-refractivity contribution in [1.29, 1.82) is 0 Å². The van der Waals surface area contributed by atoms with Gasteiger partial charge in [0.15, 0.2) is 0 Å². The van der Waals surface area contributed by atoms with Gasteiger partial charge >= 0.3 is 18.3 Å². The number of carboxylic acid groups (broad SMARTS) is 1. The van der Waals surface area contributed by atoms with Crippen LogP contribution < -0.4 is 4.90 Å². The van der Waals surface area contributed by atoms with Crippen molar-refractivity contribution in [2.75, 3.05) is 31.1 Å². The topological polar surface area (TPSA) is 85.4 Å². The molecule has 1 fully saturated rings. The molecule has 5 aromatic rings. The summed E-state index contributed by atoms with van der Waals surface area (Å²) in [5.41, 5.74) is 5.59. The lowest BCUT2D eigenvalue weighted by Gasteiger charge is -2.36. The molecule has 0 spiro atoms. The molecule has 1 aliphatic rings. The smallest absolute Gasteiger partial charge is 0.475 e. The lowest BCUT2D eigenvalue weighted by atomic mass is 10.0. The van der Waals surface area contributed by atoms with Crippen molar-refractivity contribution < 1.29 is 36.2 Å². The number of pyridine rings is 1. The highest BCUT2D eigenvalue weighted by molar-refractivity contribution is 5.81. The zero-order valence-electron chi connectivity index (χ0n) is 23.6. The first-order valence-corrected chi connectivity index (χ1v) is 13.8. The van der Waals surface area contributed by atoms with Crippen LogP contribution >= 0.6 is 0 Å². The van der Waals surface area contributed by atoms with Gasteiger partial charge < -0.3 is 15.0 Å². The SMILES string of the molecule is FC(F)(F)c1ccc2nc(-c3cccc(-c4cccc(CN5CCN(c6ccncc6)CC5)c4)c3)[nH]c2c1.O=C(O)C(F)(F)F. The summed E-state index contributed by atoms with van der Waals surface area (Å²) < 4.78 is 71.1. The van der Waals surface area contributed by atoms with Crippen LogP contribution in [0.3, 0.4) is 0 Å². The number of aromatic amines is 1. The van der Waals surface area contributed by atoms with E-state index in [-0.39, 0.29) is 0 Å². The van der Waals surface area contributed by atoms with Gasteiger partial charge in [-0.3, -0.25) is 9.88 Å². The third-order valence-electron chi connectivity index (χ3n) is 7.25. The third-order valence-corrected chi connectivity index (χ3v) is 7.25. The van der Waals surface area contributed by atoms with E-state index in [1.165, 1.54) is 17.3 Å². The van der Waals surface area contributed by atoms with Gasteiger partial charge in [-0.2, -0.15) is 26.3 Å². The molecule has 1 aliphatic heterocycles. The fraction of sp³-hybridized carbons (Fsp3) is 0.219. The molecular weight excluding hydrogens is 600 g/mol. The summed E-state index contributed by atoms with van der Waals surface area (Å²) in [6.45, 7) is 4.82. The van der Waals surface area contributed by atoms with Gasteiger partial charge in [-0.25, -0.2) is 9.78 Å². The van der Waals surface area contributed by atoms with E-state index >= 15 is 0 Å². The Bertz CT molecular complexity index is 1760. The first-order chi connectivity index (χ1) is 21.4. The molecule has 3 aromatic carbocycles. The number of hydrogen-bond acceptors (Lipinski definition) is 5. The molecule has 0 radical (unpaired) electrons. The van der Waals surface area contributed by atoms with E-state index in [0.29, 0.717) is 16.9 Å². The number of alkyl halides is 6. The molecule has 45 heavy (non-hydrogen) atoms. The van der Waals surface area contributed by atoms with Crippen molar-refractivity contribution in [2.24, 2.45) is 0 Å². The molecule has 13 heteroatoms. The number of fused-ring (bicyclic) bond motifs is 1. The second-order valence-electron chi connectivity index (χ2n) is 10.4. The number of aromatic nitrogens is 3. The van der Waals surface area contributed by atoms with E-state index in [4.69, 9.17) is 9.90 Å². The molecular formula is C32H27F6N5O2. The van der Waals surface area contributed by atoms with E-state index in [2.05, 4.69) is 61.1 Å². The Labute approximate surface area is 253 Å². The van der Waals surface area contributed by atoms with Crippen LogP contribution in [0.2, 0.25) is 0 Å². The van der Waals surface area contributed by atoms with Crippen molar-refractivity contribution in [2.45, 2.75) is 18.9 Å². The molecule has 7 nitrogen and oxygen atoms in total. The van der Waals surface area contributed by atoms with Crippen LogP contribution in [0, 0.1) is 0 Å². The number of carboxylic acids is 1. The predicted molar refractivity (Wildman–Crippen MR) is 157 cm³/mol. The number of nitrogens with one attached hydrogen (secondary N) is 1. The number of halogens is 6. The van der Waals surface area contributed by atoms with Gasteiger partial charge in [0.25, 0.3) is 0 Å². The lowest BCUT2D eigenvalue weighted by Crippen LogP contribution is -2.45. The van der Waals surface area contributed by atoms with E-state index in [0.717, 1.165) is 61.5 Å². The number of hydrogen-bond donors (Lipinski definition) is 2. The van der Waals surface area contributed by atoms with Gasteiger partial charge in [0.1, 0.15) is 5.82 Å². The molecule has 2 aromatic heterocycles. The minimum absolute atomic E-state index is 0.367. The highest BCUT2D eigenvalue weighted by atomic mass is 19.4. The summed E-state index contributed by atoms with van der Waals surface area (Å²) in [6.07, 6.45) is -5.81. The van der Waals surface area contributed by atoms with Crippen LogP contribution in [0.25, 0.3) is 33.5 Å². The van der Waals surface area contributed by atoms with Crippen molar-refractivity contribution in [3.63, 3.8) is 0 Å². The van der Waals surface area contributed by atoms with Crippen molar-refractivity contribution >= 4 is 22.7 Å². The lowest BCUT2D eigenvalue weighted by molar-refractivity contribution is -0.192. The van der Waals surface area contributed by atoms with Crippen molar-refractivity contribution in [1.82, 2.24) is 19.9 Å². The summed E-state index contributed by atoms with van der Waals surface area (Å²) in [5.74, 6) is -2.21. The zero-order chi connectivity index (χ0) is 32.2. The van der Waals surface area contributed by atoms with Gasteiger partial charge in [-0.15, -0.1) is 0 Å². The summed E-state index contributed by atoms with van der Waals surface area (Å²) in [5, 5.41) is 7.12. The van der Waals surface area contributed by atoms with Gasteiger partial charge in [-0.1, -0.05) is 36.4 Å². The summed E-state index contributed by atoms with van der Waals surface area (Å²) >= 11 is 0. The van der Waals surface area contributed by atoms with Gasteiger partial charge in [0.05, 0.1) is 16.6 Å². The van der Waals surface area contributed by atoms with E-state index in [1.807, 2.05) is 36.7 Å². The molecule has 3 heterocycles. The predicted octanol–water partition coefficient (Wildman–Crippen LogP) is 7.27. The van der Waals surface area contributed by atoms with Crippen LogP contribution in [0.4, 0.5) is 32.0 Å². The Kier molecular flexibility index (Phi) is 9.09. The summed E-state index contributed by atoms with van der Waals surface area (Å²) in [4.78, 5) is 25.4. The standard InChI is InChI=1S/C30H26F3N5.C2HF3O2/c31-30(32,33)25-7-8-27-28(19-25)36-29(35-27)24-6-2-5-23(18-24)22-4-1-3-21(17-22)20-37-13-15-38(16-14-37)26-9-11-34-12-10-26;3-2(4,5)1(6)7/h1-12,17-19H,13-16,20H2,(H,35,36);(H,6,7). The first-order valence-electron chi connectivity index (χ1n) is 13.8. The number of anilines is 1. The molecule has 0 amide bonds. The number of piperazine rings is 1. The number of nitrogens with zero attached hydrogens (tertiary/aromatic N) is 4. The van der Waals surface area contributed by atoms with Gasteiger partial charge in [0, 0.05) is 56.4 Å².